The molecule has 1 aliphatic rings. The Morgan fingerprint density at radius 2 is 2.00 bits per heavy atom. The fraction of sp³-hybridized carbons (Fsp3) is 0.500. The topological polar surface area (TPSA) is 69.0 Å². The number of nitrogens with zero attached hydrogens (tertiary/aromatic N) is 3. The molecule has 0 bridgehead atoms. The van der Waals surface area contributed by atoms with Gasteiger partial charge in [-0.15, -0.1) is 0 Å². The normalized spacial score (nSPS) is 15.3. The van der Waals surface area contributed by atoms with Gasteiger partial charge >= 0.3 is 0 Å². The summed E-state index contributed by atoms with van der Waals surface area (Å²) in [6.45, 7) is 5.24. The fourth-order valence-corrected chi connectivity index (χ4v) is 2.30. The third-order valence-corrected chi connectivity index (χ3v) is 3.53. The molecule has 21 heavy (non-hydrogen) atoms. The third-order valence-electron chi connectivity index (χ3n) is 3.53. The minimum atomic E-state index is -0.308. The number of rotatable bonds is 6. The number of aromatic nitrogens is 1. The molecule has 1 aromatic heterocycles. The Kier molecular flexibility index (Phi) is 5.20. The van der Waals surface area contributed by atoms with Crippen molar-refractivity contribution >= 4 is 5.84 Å². The van der Waals surface area contributed by atoms with Gasteiger partial charge in [0.05, 0.1) is 6.54 Å². The first-order chi connectivity index (χ1) is 10.1. The Morgan fingerprint density at radius 1 is 1.19 bits per heavy atom. The molecule has 1 aliphatic heterocycles. The van der Waals surface area contributed by atoms with Crippen molar-refractivity contribution in [1.82, 2.24) is 9.88 Å². The molecule has 2 N–H and O–H groups in total. The van der Waals surface area contributed by atoms with Crippen LogP contribution in [0, 0.1) is 6.92 Å². The maximum atomic E-state index is 9.72. The van der Waals surface area contributed by atoms with Gasteiger partial charge in [0, 0.05) is 12.7 Å². The first kappa shape index (κ1) is 15.4. The predicted molar refractivity (Wildman–Crippen MR) is 83.5 cm³/mol. The molecule has 2 heterocycles. The van der Waals surface area contributed by atoms with Gasteiger partial charge in [0.2, 0.25) is 0 Å². The zero-order valence-electron chi connectivity index (χ0n) is 12.7. The van der Waals surface area contributed by atoms with E-state index >= 15 is 0 Å². The van der Waals surface area contributed by atoms with Crippen molar-refractivity contribution < 1.29 is 10.2 Å². The van der Waals surface area contributed by atoms with Crippen molar-refractivity contribution in [3.05, 3.63) is 41.2 Å². The van der Waals surface area contributed by atoms with E-state index in [0.717, 1.165) is 30.6 Å². The van der Waals surface area contributed by atoms with Crippen LogP contribution in [0.3, 0.4) is 0 Å². The van der Waals surface area contributed by atoms with Crippen molar-refractivity contribution in [3.63, 3.8) is 0 Å². The van der Waals surface area contributed by atoms with Gasteiger partial charge in [0.25, 0.3) is 5.88 Å². The Hall–Kier alpha value is -2.04. The number of pyridine rings is 1. The van der Waals surface area contributed by atoms with E-state index < -0.39 is 0 Å². The van der Waals surface area contributed by atoms with Crippen LogP contribution in [-0.4, -0.2) is 39.0 Å². The highest BCUT2D eigenvalue weighted by molar-refractivity contribution is 5.98. The van der Waals surface area contributed by atoms with Gasteiger partial charge in [-0.25, -0.2) is 0 Å². The zero-order chi connectivity index (χ0) is 15.2. The van der Waals surface area contributed by atoms with Crippen LogP contribution in [0.1, 0.15) is 43.9 Å². The fourth-order valence-electron chi connectivity index (χ4n) is 2.30. The summed E-state index contributed by atoms with van der Waals surface area (Å²) in [6, 6.07) is 3.86. The van der Waals surface area contributed by atoms with Crippen molar-refractivity contribution in [2.45, 2.75) is 39.5 Å². The molecule has 0 amide bonds. The Balaban J connectivity index is 2.15. The molecule has 2 rings (SSSR count). The number of aryl methyl sites for hydroxylation is 1. The lowest BCUT2D eigenvalue weighted by Gasteiger charge is -2.28. The van der Waals surface area contributed by atoms with Crippen molar-refractivity contribution in [2.75, 3.05) is 13.1 Å². The van der Waals surface area contributed by atoms with Gasteiger partial charge in [-0.2, -0.15) is 4.99 Å². The van der Waals surface area contributed by atoms with E-state index in [0.29, 0.717) is 5.84 Å². The second-order valence-electron chi connectivity index (χ2n) is 5.41. The van der Waals surface area contributed by atoms with Gasteiger partial charge in [-0.05, 0) is 25.0 Å². The van der Waals surface area contributed by atoms with E-state index in [1.54, 1.807) is 6.20 Å². The molecule has 0 saturated heterocycles. The van der Waals surface area contributed by atoms with Crippen LogP contribution in [0.25, 0.3) is 0 Å². The van der Waals surface area contributed by atoms with Gasteiger partial charge in [0.1, 0.15) is 5.69 Å². The van der Waals surface area contributed by atoms with Crippen LogP contribution in [0.15, 0.2) is 35.0 Å². The van der Waals surface area contributed by atoms with Crippen LogP contribution < -0.4 is 0 Å². The van der Waals surface area contributed by atoms with Gasteiger partial charge in [-0.1, -0.05) is 32.3 Å². The predicted octanol–water partition coefficient (Wildman–Crippen LogP) is 3.32. The first-order valence-corrected chi connectivity index (χ1v) is 7.49. The van der Waals surface area contributed by atoms with Crippen LogP contribution in [0.4, 0.5) is 0 Å². The summed E-state index contributed by atoms with van der Waals surface area (Å²) in [4.78, 5) is 10.5. The highest BCUT2D eigenvalue weighted by Gasteiger charge is 2.23. The molecule has 0 saturated carbocycles. The van der Waals surface area contributed by atoms with Crippen molar-refractivity contribution in [2.24, 2.45) is 4.99 Å². The second-order valence-corrected chi connectivity index (χ2v) is 5.41. The molecule has 0 aliphatic carbocycles. The molecule has 0 unspecified atom stereocenters. The summed E-state index contributed by atoms with van der Waals surface area (Å²) in [5.74, 6) is 0.236. The standard InChI is InChI=1S/C16H23N3O2/c1-3-4-5-6-9-19-11-14(20)16(21)18-15(19)13-8-7-12(2)10-17-13/h7-8,10,20-21H,3-6,9,11H2,1-2H3. The highest BCUT2D eigenvalue weighted by atomic mass is 16.3. The molecule has 5 nitrogen and oxygen atoms in total. The summed E-state index contributed by atoms with van der Waals surface area (Å²) < 4.78 is 0. The van der Waals surface area contributed by atoms with Crippen LogP contribution in [0.2, 0.25) is 0 Å². The number of aliphatic hydroxyl groups is 2. The zero-order valence-corrected chi connectivity index (χ0v) is 12.7. The SMILES string of the molecule is CCCCCCN1CC(O)=C(O)N=C1c1ccc(C)cn1. The third kappa shape index (κ3) is 3.97. The van der Waals surface area contributed by atoms with Crippen LogP contribution in [0.5, 0.6) is 0 Å². The molecule has 0 fully saturated rings. The number of aliphatic imine (C=N–C) groups is 1. The maximum Gasteiger partial charge on any atom is 0.253 e. The molecule has 1 aromatic rings. The van der Waals surface area contributed by atoms with E-state index in [4.69, 9.17) is 0 Å². The van der Waals surface area contributed by atoms with E-state index in [-0.39, 0.29) is 18.2 Å². The Morgan fingerprint density at radius 3 is 2.67 bits per heavy atom. The maximum absolute atomic E-state index is 9.72. The molecular weight excluding hydrogens is 266 g/mol. The quantitative estimate of drug-likeness (QED) is 0.788. The first-order valence-electron chi connectivity index (χ1n) is 7.49. The Labute approximate surface area is 125 Å². The number of hydrogen-bond acceptors (Lipinski definition) is 5. The summed E-state index contributed by atoms with van der Waals surface area (Å²) >= 11 is 0. The Bertz CT molecular complexity index is 535. The molecule has 0 aromatic carbocycles. The van der Waals surface area contributed by atoms with E-state index in [1.807, 2.05) is 24.0 Å². The van der Waals surface area contributed by atoms with Crippen LogP contribution >= 0.6 is 0 Å². The summed E-state index contributed by atoms with van der Waals surface area (Å²) in [7, 11) is 0. The highest BCUT2D eigenvalue weighted by Crippen LogP contribution is 2.17. The summed E-state index contributed by atoms with van der Waals surface area (Å²) in [6.07, 6.45) is 6.36. The molecule has 0 spiro atoms. The second kappa shape index (κ2) is 7.11. The molecular formula is C16H23N3O2. The largest absolute Gasteiger partial charge is 0.506 e. The average Bonchev–Trinajstić information content (AvgIpc) is 2.48. The van der Waals surface area contributed by atoms with Crippen molar-refractivity contribution in [3.8, 4) is 0 Å². The van der Waals surface area contributed by atoms with E-state index in [2.05, 4.69) is 16.9 Å². The average molecular weight is 289 g/mol. The number of hydrogen-bond donors (Lipinski definition) is 2. The summed E-state index contributed by atoms with van der Waals surface area (Å²) in [5, 5.41) is 19.4. The van der Waals surface area contributed by atoms with Gasteiger partial charge in [0.15, 0.2) is 11.6 Å². The lowest BCUT2D eigenvalue weighted by molar-refractivity contribution is 0.265. The molecule has 5 heteroatoms. The smallest absolute Gasteiger partial charge is 0.253 e. The number of amidine groups is 1. The van der Waals surface area contributed by atoms with Gasteiger partial charge < -0.3 is 15.1 Å². The monoisotopic (exact) mass is 289 g/mol. The number of aliphatic hydroxyl groups excluding tert-OH is 2. The van der Waals surface area contributed by atoms with E-state index in [1.165, 1.54) is 12.8 Å². The lowest BCUT2D eigenvalue weighted by Crippen LogP contribution is -2.38. The lowest BCUT2D eigenvalue weighted by atomic mass is 10.1. The van der Waals surface area contributed by atoms with Crippen LogP contribution in [-0.2, 0) is 0 Å². The van der Waals surface area contributed by atoms with E-state index in [9.17, 15) is 10.2 Å². The minimum Gasteiger partial charge on any atom is -0.506 e. The molecule has 0 atom stereocenters. The minimum absolute atomic E-state index is 0.0821. The van der Waals surface area contributed by atoms with Crippen molar-refractivity contribution in [1.29, 1.82) is 0 Å². The molecule has 114 valence electrons. The van der Waals surface area contributed by atoms with Gasteiger partial charge in [-0.3, -0.25) is 4.98 Å². The summed E-state index contributed by atoms with van der Waals surface area (Å²) in [5.41, 5.74) is 1.79. The number of unbranched alkanes of at least 4 members (excludes halogenated alkanes) is 3. The molecule has 0 radical (unpaired) electrons.